The van der Waals surface area contributed by atoms with Gasteiger partial charge in [0, 0.05) is 79.3 Å². The Bertz CT molecular complexity index is 2700. The number of aryl methyl sites for hydroxylation is 1. The van der Waals surface area contributed by atoms with Crippen molar-refractivity contribution in [2.75, 3.05) is 56.3 Å². The first-order valence-electron chi connectivity index (χ1n) is 23.7. The van der Waals surface area contributed by atoms with E-state index in [9.17, 15) is 37.1 Å². The molecule has 4 aromatic rings. The lowest BCUT2D eigenvalue weighted by atomic mass is 9.84. The molecule has 5 aliphatic rings. The van der Waals surface area contributed by atoms with E-state index in [2.05, 4.69) is 30.8 Å². The molecule has 5 N–H and O–H groups in total. The molecule has 4 heterocycles. The number of benzene rings is 3. The highest BCUT2D eigenvalue weighted by Gasteiger charge is 2.47. The minimum absolute atomic E-state index is 0.00613. The Hall–Kier alpha value is -6.50. The fourth-order valence-corrected chi connectivity index (χ4v) is 10.5. The number of imide groups is 2. The molecule has 16 nitrogen and oxygen atoms in total. The van der Waals surface area contributed by atoms with E-state index in [1.54, 1.807) is 45.2 Å². The molecule has 2 atom stereocenters. The summed E-state index contributed by atoms with van der Waals surface area (Å²) in [6.45, 7) is 5.91. The van der Waals surface area contributed by atoms with Gasteiger partial charge in [0.05, 0.1) is 42.0 Å². The highest BCUT2D eigenvalue weighted by molar-refractivity contribution is 6.23. The maximum atomic E-state index is 13.9. The number of anilines is 3. The van der Waals surface area contributed by atoms with Crippen molar-refractivity contribution in [3.05, 3.63) is 76.6 Å². The van der Waals surface area contributed by atoms with Crippen molar-refractivity contribution in [1.29, 1.82) is 0 Å². The Morgan fingerprint density at radius 1 is 0.928 bits per heavy atom. The van der Waals surface area contributed by atoms with Crippen molar-refractivity contribution in [2.24, 2.45) is 11.3 Å². The zero-order chi connectivity index (χ0) is 48.9. The van der Waals surface area contributed by atoms with Gasteiger partial charge < -0.3 is 35.6 Å². The van der Waals surface area contributed by atoms with E-state index in [-0.39, 0.29) is 46.9 Å². The van der Waals surface area contributed by atoms with Crippen LogP contribution in [0.4, 0.5) is 30.4 Å². The summed E-state index contributed by atoms with van der Waals surface area (Å²) in [6.07, 6.45) is 2.62. The van der Waals surface area contributed by atoms with Crippen molar-refractivity contribution in [3.63, 3.8) is 0 Å². The van der Waals surface area contributed by atoms with Crippen LogP contribution in [0.3, 0.4) is 0 Å². The van der Waals surface area contributed by atoms with E-state index in [1.165, 1.54) is 6.07 Å². The number of carbonyl (C=O) groups is 5. The third-order valence-electron chi connectivity index (χ3n) is 14.5. The molecule has 2 aliphatic carbocycles. The summed E-state index contributed by atoms with van der Waals surface area (Å²) < 4.78 is 53.0. The molecule has 9 rings (SSSR count). The maximum Gasteiger partial charge on any atom is 0.416 e. The summed E-state index contributed by atoms with van der Waals surface area (Å²) in [5.74, 6) is -0.166. The second-order valence-electron chi connectivity index (χ2n) is 19.5. The first-order chi connectivity index (χ1) is 32.9. The molecule has 1 unspecified atom stereocenters. The normalized spacial score (nSPS) is 22.0. The van der Waals surface area contributed by atoms with E-state index in [4.69, 9.17) is 15.2 Å². The van der Waals surface area contributed by atoms with Crippen molar-refractivity contribution < 1.29 is 46.6 Å². The van der Waals surface area contributed by atoms with Crippen LogP contribution >= 0.6 is 0 Å². The van der Waals surface area contributed by atoms with Crippen molar-refractivity contribution in [1.82, 2.24) is 30.4 Å². The van der Waals surface area contributed by atoms with Crippen LogP contribution in [0, 0.1) is 18.3 Å². The number of methoxy groups -OCH3 is 1. The monoisotopic (exact) mass is 953 g/mol. The van der Waals surface area contributed by atoms with Crippen molar-refractivity contribution in [2.45, 2.75) is 108 Å². The molecule has 4 fully saturated rings. The summed E-state index contributed by atoms with van der Waals surface area (Å²) in [7, 11) is 3.42. The van der Waals surface area contributed by atoms with Gasteiger partial charge in [-0.1, -0.05) is 0 Å². The van der Waals surface area contributed by atoms with E-state index < -0.39 is 47.5 Å². The summed E-state index contributed by atoms with van der Waals surface area (Å²) in [5, 5.41) is 9.96. The van der Waals surface area contributed by atoms with E-state index in [0.717, 1.165) is 87.2 Å². The predicted molar refractivity (Wildman–Crippen MR) is 251 cm³/mol. The summed E-state index contributed by atoms with van der Waals surface area (Å²) >= 11 is 0. The lowest BCUT2D eigenvalue weighted by molar-refractivity contribution is -0.138. The second kappa shape index (κ2) is 18.8. The lowest BCUT2D eigenvalue weighted by Crippen LogP contribution is -2.54. The highest BCUT2D eigenvalue weighted by Crippen LogP contribution is 2.48. The smallest absolute Gasteiger partial charge is 0.416 e. The summed E-state index contributed by atoms with van der Waals surface area (Å²) in [6, 6.07) is 11.3. The molecule has 2 saturated heterocycles. The number of piperidine rings is 2. The number of hydrogen-bond acceptors (Lipinski definition) is 13. The van der Waals surface area contributed by atoms with Crippen LogP contribution in [-0.2, 0) is 20.6 Å². The number of ether oxygens (including phenoxy) is 2. The minimum atomic E-state index is -4.55. The van der Waals surface area contributed by atoms with Crippen molar-refractivity contribution >= 4 is 57.6 Å². The number of amides is 5. The van der Waals surface area contributed by atoms with Gasteiger partial charge in [0.2, 0.25) is 17.7 Å². The molecule has 0 bridgehead atoms. The molecular formula is C50H58F3N9O7. The third kappa shape index (κ3) is 10.0. The molecule has 2 saturated carbocycles. The van der Waals surface area contributed by atoms with Crippen molar-refractivity contribution in [3.8, 4) is 11.5 Å². The average Bonchev–Trinajstić information content (AvgIpc) is 4.04. The molecule has 69 heavy (non-hydrogen) atoms. The van der Waals surface area contributed by atoms with Gasteiger partial charge >= 0.3 is 6.18 Å². The molecule has 0 spiro atoms. The lowest BCUT2D eigenvalue weighted by Gasteiger charge is -2.38. The maximum absolute atomic E-state index is 13.9. The number of nitrogen functional groups attached to an aromatic ring is 1. The molecular weight excluding hydrogens is 896 g/mol. The number of hydrogen-bond donors (Lipinski definition) is 4. The van der Waals surface area contributed by atoms with E-state index in [0.29, 0.717) is 64.8 Å². The summed E-state index contributed by atoms with van der Waals surface area (Å²) in [5.41, 5.74) is 7.13. The third-order valence-corrected chi connectivity index (χ3v) is 14.5. The number of nitrogens with zero attached hydrogens (tertiary/aromatic N) is 5. The van der Waals surface area contributed by atoms with Gasteiger partial charge in [-0.25, -0.2) is 9.97 Å². The molecule has 366 valence electrons. The van der Waals surface area contributed by atoms with Crippen LogP contribution in [0.1, 0.15) is 115 Å². The molecule has 3 aromatic carbocycles. The number of alkyl halides is 3. The number of fused-ring (bicyclic) bond motifs is 2. The second-order valence-corrected chi connectivity index (χ2v) is 19.5. The van der Waals surface area contributed by atoms with Gasteiger partial charge in [0.15, 0.2) is 11.5 Å². The van der Waals surface area contributed by atoms with Crippen LogP contribution in [0.5, 0.6) is 11.5 Å². The number of aromatic nitrogens is 2. The molecule has 19 heteroatoms. The Morgan fingerprint density at radius 2 is 1.64 bits per heavy atom. The van der Waals surface area contributed by atoms with Crippen LogP contribution in [0.25, 0.3) is 10.9 Å². The highest BCUT2D eigenvalue weighted by atomic mass is 19.4. The number of halogens is 3. The predicted octanol–water partition coefficient (Wildman–Crippen LogP) is 6.56. The first-order valence-corrected chi connectivity index (χ1v) is 23.7. The van der Waals surface area contributed by atoms with Crippen LogP contribution in [0.15, 0.2) is 48.5 Å². The van der Waals surface area contributed by atoms with Gasteiger partial charge in [-0.2, -0.15) is 13.2 Å². The van der Waals surface area contributed by atoms with Gasteiger partial charge in [-0.3, -0.25) is 34.2 Å². The fourth-order valence-electron chi connectivity index (χ4n) is 10.5. The number of rotatable bonds is 14. The van der Waals surface area contributed by atoms with Crippen LogP contribution in [-0.4, -0.2) is 108 Å². The Morgan fingerprint density at radius 3 is 2.32 bits per heavy atom. The van der Waals surface area contributed by atoms with Gasteiger partial charge in [-0.05, 0) is 120 Å². The Labute approximate surface area is 397 Å². The molecule has 0 radical (unpaired) electrons. The van der Waals surface area contributed by atoms with Crippen LogP contribution in [0.2, 0.25) is 0 Å². The SMILES string of the molecule is COc1cc2nc(C)nc(N[C@H](C)c3cc(N)cc(C(F)(F)F)c3)c2cc1OCC1(CN(C)C(=O)C2CCC(NC3CCN(c4ccc5c(c4)C(=O)N(C4CCC(=O)NC4=O)C5=O)CC3)CC2)CC1. The van der Waals surface area contributed by atoms with E-state index in [1.807, 2.05) is 18.0 Å². The molecule has 1 aromatic heterocycles. The zero-order valence-electron chi connectivity index (χ0n) is 39.2. The molecule has 5 amide bonds. The number of nitrogens with one attached hydrogen (secondary N) is 3. The van der Waals surface area contributed by atoms with Gasteiger partial charge in [0.25, 0.3) is 11.8 Å². The Kier molecular flexibility index (Phi) is 12.9. The largest absolute Gasteiger partial charge is 0.493 e. The van der Waals surface area contributed by atoms with E-state index >= 15 is 0 Å². The summed E-state index contributed by atoms with van der Waals surface area (Å²) in [4.78, 5) is 78.8. The average molecular weight is 954 g/mol. The van der Waals surface area contributed by atoms with Gasteiger partial charge in [0.1, 0.15) is 17.7 Å². The Balaban J connectivity index is 0.751. The quantitative estimate of drug-likeness (QED) is 0.0784. The van der Waals surface area contributed by atoms with Crippen LogP contribution < -0.4 is 36.1 Å². The zero-order valence-corrected chi connectivity index (χ0v) is 39.2. The minimum Gasteiger partial charge on any atom is -0.493 e. The topological polar surface area (TPSA) is 201 Å². The first kappa shape index (κ1) is 47.6. The molecule has 3 aliphatic heterocycles. The standard InChI is InChI=1S/C50H58F3N9O7/c1-27(30-19-31(50(51,52)53)21-32(54)20-30)55-44-38-23-42(41(68-4)24-39(38)56-28(2)57-44)69-26-49(15-16-49)25-60(3)46(65)29-5-7-33(8-6-29)58-34-13-17-61(18-14-34)35-9-10-36-37(22-35)48(67)62(47(36)66)40-11-12-43(63)59-45(40)64/h9-10,19-24,27,29,33-34,40,58H,5-8,11-18,25-26,54H2,1-4H3,(H,55,56,57)(H,59,63,64)/t27-,29?,33?,40?/m1/s1. The fraction of sp³-hybridized carbons (Fsp3) is 0.500. The van der Waals surface area contributed by atoms with Gasteiger partial charge in [-0.15, -0.1) is 0 Å². The number of nitrogens with two attached hydrogens (primary N) is 1. The number of carbonyl (C=O) groups excluding carboxylic acids is 5.